The molecule has 4 nitrogen and oxygen atoms in total. The van der Waals surface area contributed by atoms with Crippen molar-refractivity contribution in [1.82, 2.24) is 9.97 Å². The first kappa shape index (κ1) is 13.3. The number of benzene rings is 1. The quantitative estimate of drug-likeness (QED) is 0.724. The van der Waals surface area contributed by atoms with Crippen LogP contribution in [-0.2, 0) is 0 Å². The summed E-state index contributed by atoms with van der Waals surface area (Å²) in [5.74, 6) is 0.443. The lowest BCUT2D eigenvalue weighted by molar-refractivity contribution is 0.621. The number of halogens is 2. The molecule has 2 aromatic heterocycles. The van der Waals surface area contributed by atoms with E-state index in [-0.39, 0.29) is 11.8 Å². The molecule has 0 bridgehead atoms. The Morgan fingerprint density at radius 1 is 1.35 bits per heavy atom. The van der Waals surface area contributed by atoms with E-state index in [1.165, 1.54) is 17.4 Å². The highest BCUT2D eigenvalue weighted by atomic mass is 79.9. The molecule has 0 aliphatic rings. The first-order valence-corrected chi connectivity index (χ1v) is 7.45. The van der Waals surface area contributed by atoms with Crippen LogP contribution in [0.2, 0.25) is 0 Å². The minimum absolute atomic E-state index is 0.192. The Bertz CT molecular complexity index is 802. The molecule has 20 heavy (non-hydrogen) atoms. The Kier molecular flexibility index (Phi) is 3.31. The molecule has 3 N–H and O–H groups in total. The van der Waals surface area contributed by atoms with Gasteiger partial charge in [0.05, 0.1) is 9.86 Å². The lowest BCUT2D eigenvalue weighted by atomic mass is 10.2. The second kappa shape index (κ2) is 4.99. The van der Waals surface area contributed by atoms with Gasteiger partial charge in [-0.1, -0.05) is 0 Å². The van der Waals surface area contributed by atoms with E-state index in [1.807, 2.05) is 18.4 Å². The highest BCUT2D eigenvalue weighted by Gasteiger charge is 2.10. The van der Waals surface area contributed by atoms with Crippen LogP contribution >= 0.6 is 27.3 Å². The predicted octanol–water partition coefficient (Wildman–Crippen LogP) is 4.23. The summed E-state index contributed by atoms with van der Waals surface area (Å²) in [5.41, 5.74) is 7.24. The number of aromatic nitrogens is 2. The molecule has 0 amide bonds. The average molecular weight is 353 g/mol. The van der Waals surface area contributed by atoms with E-state index in [4.69, 9.17) is 5.73 Å². The van der Waals surface area contributed by atoms with Crippen molar-refractivity contribution in [2.45, 2.75) is 6.92 Å². The van der Waals surface area contributed by atoms with Crippen molar-refractivity contribution in [3.05, 3.63) is 39.4 Å². The molecule has 0 fully saturated rings. The van der Waals surface area contributed by atoms with E-state index in [9.17, 15) is 4.39 Å². The number of hydrogen-bond donors (Lipinski definition) is 2. The van der Waals surface area contributed by atoms with E-state index in [0.717, 1.165) is 15.8 Å². The van der Waals surface area contributed by atoms with Gasteiger partial charge in [0, 0.05) is 5.69 Å². The third-order valence-electron chi connectivity index (χ3n) is 2.86. The molecule has 0 aliphatic heterocycles. The van der Waals surface area contributed by atoms with Gasteiger partial charge in [0.25, 0.3) is 0 Å². The van der Waals surface area contributed by atoms with Crippen LogP contribution in [0.15, 0.2) is 28.1 Å². The summed E-state index contributed by atoms with van der Waals surface area (Å²) < 4.78 is 14.1. The summed E-state index contributed by atoms with van der Waals surface area (Å²) in [6, 6.07) is 5.05. The fourth-order valence-electron chi connectivity index (χ4n) is 1.88. The molecule has 102 valence electrons. The first-order valence-electron chi connectivity index (χ1n) is 5.78. The van der Waals surface area contributed by atoms with Crippen LogP contribution in [0.25, 0.3) is 10.2 Å². The third kappa shape index (κ3) is 2.34. The summed E-state index contributed by atoms with van der Waals surface area (Å²) in [4.78, 5) is 9.15. The number of nitrogen functional groups attached to an aromatic ring is 1. The summed E-state index contributed by atoms with van der Waals surface area (Å²) in [6.45, 7) is 1.89. The largest absolute Gasteiger partial charge is 0.368 e. The molecule has 3 rings (SSSR count). The molecule has 3 aromatic rings. The Morgan fingerprint density at radius 3 is 2.95 bits per heavy atom. The maximum absolute atomic E-state index is 13.7. The van der Waals surface area contributed by atoms with Gasteiger partial charge in [-0.3, -0.25) is 0 Å². The van der Waals surface area contributed by atoms with Crippen LogP contribution in [0.1, 0.15) is 5.56 Å². The van der Waals surface area contributed by atoms with E-state index >= 15 is 0 Å². The van der Waals surface area contributed by atoms with Gasteiger partial charge < -0.3 is 11.1 Å². The van der Waals surface area contributed by atoms with Crippen molar-refractivity contribution in [2.75, 3.05) is 11.1 Å². The highest BCUT2D eigenvalue weighted by molar-refractivity contribution is 9.10. The Labute approximate surface area is 127 Å². The smallest absolute Gasteiger partial charge is 0.223 e. The zero-order chi connectivity index (χ0) is 14.3. The molecule has 0 aliphatic carbocycles. The lowest BCUT2D eigenvalue weighted by Gasteiger charge is -2.11. The molecule has 0 atom stereocenters. The van der Waals surface area contributed by atoms with E-state index < -0.39 is 0 Å². The molecule has 1 aromatic carbocycles. The number of nitrogens with one attached hydrogen (secondary N) is 1. The van der Waals surface area contributed by atoms with Crippen molar-refractivity contribution in [3.8, 4) is 0 Å². The van der Waals surface area contributed by atoms with Gasteiger partial charge in [-0.15, -0.1) is 11.3 Å². The fraction of sp³-hybridized carbons (Fsp3) is 0.0769. The molecule has 7 heteroatoms. The number of fused-ring (bicyclic) bond motifs is 1. The van der Waals surface area contributed by atoms with Crippen LogP contribution in [0, 0.1) is 12.7 Å². The molecule has 0 saturated carbocycles. The van der Waals surface area contributed by atoms with E-state index in [1.54, 1.807) is 6.07 Å². The summed E-state index contributed by atoms with van der Waals surface area (Å²) in [6.07, 6.45) is 0. The number of thiophene rings is 1. The topological polar surface area (TPSA) is 63.8 Å². The second-order valence-corrected chi connectivity index (χ2v) is 6.02. The predicted molar refractivity (Wildman–Crippen MR) is 83.9 cm³/mol. The van der Waals surface area contributed by atoms with Crippen molar-refractivity contribution in [3.63, 3.8) is 0 Å². The maximum Gasteiger partial charge on any atom is 0.223 e. The number of rotatable bonds is 2. The van der Waals surface area contributed by atoms with E-state index in [0.29, 0.717) is 16.0 Å². The Hall–Kier alpha value is -1.73. The third-order valence-corrected chi connectivity index (χ3v) is 4.28. The molecule has 0 spiro atoms. The number of aryl methyl sites for hydroxylation is 1. The highest BCUT2D eigenvalue weighted by Crippen LogP contribution is 2.31. The monoisotopic (exact) mass is 352 g/mol. The lowest BCUT2D eigenvalue weighted by Crippen LogP contribution is -2.01. The van der Waals surface area contributed by atoms with Crippen LogP contribution in [0.4, 0.5) is 21.8 Å². The number of nitrogens with zero attached hydrogens (tertiary/aromatic N) is 2. The fourth-order valence-corrected chi connectivity index (χ4v) is 3.10. The normalized spacial score (nSPS) is 10.9. The summed E-state index contributed by atoms with van der Waals surface area (Å²) >= 11 is 4.65. The zero-order valence-electron chi connectivity index (χ0n) is 10.4. The Balaban J connectivity index is 2.09. The number of nitrogens with two attached hydrogens (primary N) is 1. The van der Waals surface area contributed by atoms with Crippen molar-refractivity contribution in [1.29, 1.82) is 0 Å². The minimum Gasteiger partial charge on any atom is -0.368 e. The molecule has 0 radical (unpaired) electrons. The summed E-state index contributed by atoms with van der Waals surface area (Å²) in [5, 5.41) is 5.91. The molecular weight excluding hydrogens is 343 g/mol. The molecule has 0 unspecified atom stereocenters. The van der Waals surface area contributed by atoms with Gasteiger partial charge in [-0.05, 0) is 52.0 Å². The molecular formula is C13H10BrFN4S. The van der Waals surface area contributed by atoms with Gasteiger partial charge in [0.15, 0.2) is 0 Å². The van der Waals surface area contributed by atoms with Crippen LogP contribution in [-0.4, -0.2) is 9.97 Å². The van der Waals surface area contributed by atoms with Gasteiger partial charge in [-0.2, -0.15) is 4.98 Å². The Morgan fingerprint density at radius 2 is 2.15 bits per heavy atom. The number of hydrogen-bond acceptors (Lipinski definition) is 5. The van der Waals surface area contributed by atoms with Gasteiger partial charge >= 0.3 is 0 Å². The van der Waals surface area contributed by atoms with Crippen molar-refractivity contribution < 1.29 is 4.39 Å². The number of anilines is 3. The SMILES string of the molecule is Cc1cc(Br)c(F)cc1Nc1nc(N)nc2sccc12. The van der Waals surface area contributed by atoms with Gasteiger partial charge in [-0.25, -0.2) is 9.37 Å². The van der Waals surface area contributed by atoms with Crippen LogP contribution in [0.5, 0.6) is 0 Å². The van der Waals surface area contributed by atoms with Crippen LogP contribution < -0.4 is 11.1 Å². The standard InChI is InChI=1S/C13H10BrFN4S/c1-6-4-8(14)9(15)5-10(6)17-11-7-2-3-20-12(7)19-13(16)18-11/h2-5H,1H3,(H3,16,17,18,19). The van der Waals surface area contributed by atoms with Crippen molar-refractivity contribution >= 4 is 54.9 Å². The van der Waals surface area contributed by atoms with Gasteiger partial charge in [0.2, 0.25) is 5.95 Å². The minimum atomic E-state index is -0.332. The zero-order valence-corrected chi connectivity index (χ0v) is 12.8. The molecule has 2 heterocycles. The van der Waals surface area contributed by atoms with Crippen molar-refractivity contribution in [2.24, 2.45) is 0 Å². The summed E-state index contributed by atoms with van der Waals surface area (Å²) in [7, 11) is 0. The second-order valence-electron chi connectivity index (χ2n) is 4.28. The van der Waals surface area contributed by atoms with E-state index in [2.05, 4.69) is 31.2 Å². The first-order chi connectivity index (χ1) is 9.54. The average Bonchev–Trinajstić information content (AvgIpc) is 2.84. The molecule has 0 saturated heterocycles. The van der Waals surface area contributed by atoms with Gasteiger partial charge in [0.1, 0.15) is 16.5 Å². The van der Waals surface area contributed by atoms with Crippen LogP contribution in [0.3, 0.4) is 0 Å². The maximum atomic E-state index is 13.7.